The minimum Gasteiger partial charge on any atom is -0.496 e. The third-order valence-electron chi connectivity index (χ3n) is 4.66. The van der Waals surface area contributed by atoms with Crippen LogP contribution in [0.5, 0.6) is 5.75 Å². The van der Waals surface area contributed by atoms with Gasteiger partial charge in [0.2, 0.25) is 0 Å². The quantitative estimate of drug-likeness (QED) is 0.830. The van der Waals surface area contributed by atoms with Crippen LogP contribution in [0.15, 0.2) is 36.4 Å². The molecule has 0 amide bonds. The van der Waals surface area contributed by atoms with Crippen molar-refractivity contribution in [3.8, 4) is 16.9 Å². The lowest BCUT2D eigenvalue weighted by Crippen LogP contribution is -2.33. The standard InChI is InChI=1S/C19H22ClNO/c1-21(2)15-8-9-17-16(13-4-6-14(20)7-5-13)10-11-19(22-3)18(17)12-15/h4-7,10-11,15H,8-9,12H2,1-3H3. The molecule has 3 rings (SSSR count). The van der Waals surface area contributed by atoms with Crippen molar-refractivity contribution in [3.63, 3.8) is 0 Å². The van der Waals surface area contributed by atoms with Crippen molar-refractivity contribution in [2.24, 2.45) is 0 Å². The van der Waals surface area contributed by atoms with Gasteiger partial charge in [-0.25, -0.2) is 0 Å². The lowest BCUT2D eigenvalue weighted by Gasteiger charge is -2.32. The second-order valence-electron chi connectivity index (χ2n) is 6.14. The molecule has 0 N–H and O–H groups in total. The molecule has 0 heterocycles. The summed E-state index contributed by atoms with van der Waals surface area (Å²) in [5.74, 6) is 1.01. The maximum Gasteiger partial charge on any atom is 0.122 e. The van der Waals surface area contributed by atoms with Gasteiger partial charge in [-0.15, -0.1) is 0 Å². The summed E-state index contributed by atoms with van der Waals surface area (Å²) in [5.41, 5.74) is 5.33. The van der Waals surface area contributed by atoms with Gasteiger partial charge in [-0.3, -0.25) is 0 Å². The molecule has 2 aromatic rings. The summed E-state index contributed by atoms with van der Waals surface area (Å²) in [6.07, 6.45) is 3.33. The van der Waals surface area contributed by atoms with E-state index >= 15 is 0 Å². The Morgan fingerprint density at radius 2 is 1.77 bits per heavy atom. The maximum absolute atomic E-state index is 6.02. The Bertz CT molecular complexity index is 664. The molecule has 0 saturated heterocycles. The SMILES string of the molecule is COc1ccc(-c2ccc(Cl)cc2)c2c1CC(N(C)C)CC2. The highest BCUT2D eigenvalue weighted by Crippen LogP contribution is 2.38. The van der Waals surface area contributed by atoms with Crippen LogP contribution < -0.4 is 4.74 Å². The second-order valence-corrected chi connectivity index (χ2v) is 6.58. The fraction of sp³-hybridized carbons (Fsp3) is 0.368. The monoisotopic (exact) mass is 315 g/mol. The van der Waals surface area contributed by atoms with Crippen molar-refractivity contribution in [1.82, 2.24) is 4.90 Å². The summed E-state index contributed by atoms with van der Waals surface area (Å²) < 4.78 is 5.61. The first-order valence-corrected chi connectivity index (χ1v) is 8.09. The summed E-state index contributed by atoms with van der Waals surface area (Å²) in [4.78, 5) is 2.32. The van der Waals surface area contributed by atoms with Crippen molar-refractivity contribution in [3.05, 3.63) is 52.5 Å². The van der Waals surface area contributed by atoms with Gasteiger partial charge in [0.25, 0.3) is 0 Å². The van der Waals surface area contributed by atoms with Crippen molar-refractivity contribution in [2.45, 2.75) is 25.3 Å². The van der Waals surface area contributed by atoms with E-state index in [0.717, 1.165) is 23.6 Å². The van der Waals surface area contributed by atoms with Crippen LogP contribution in [0.1, 0.15) is 17.5 Å². The zero-order valence-electron chi connectivity index (χ0n) is 13.4. The molecular weight excluding hydrogens is 294 g/mol. The van der Waals surface area contributed by atoms with Gasteiger partial charge in [0.15, 0.2) is 0 Å². The summed E-state index contributed by atoms with van der Waals surface area (Å²) in [5, 5.41) is 0.777. The molecule has 1 aliphatic carbocycles. The first kappa shape index (κ1) is 15.4. The Hall–Kier alpha value is -1.51. The van der Waals surface area contributed by atoms with Gasteiger partial charge in [0.1, 0.15) is 5.75 Å². The van der Waals surface area contributed by atoms with E-state index in [9.17, 15) is 0 Å². The van der Waals surface area contributed by atoms with Crippen molar-refractivity contribution < 1.29 is 4.74 Å². The Kier molecular flexibility index (Phi) is 4.42. The minimum atomic E-state index is 0.585. The molecule has 0 spiro atoms. The molecule has 0 aromatic heterocycles. The molecule has 0 saturated carbocycles. The van der Waals surface area contributed by atoms with Gasteiger partial charge in [-0.1, -0.05) is 29.8 Å². The lowest BCUT2D eigenvalue weighted by atomic mass is 9.82. The molecule has 1 unspecified atom stereocenters. The van der Waals surface area contributed by atoms with E-state index < -0.39 is 0 Å². The molecule has 0 fully saturated rings. The summed E-state index contributed by atoms with van der Waals surface area (Å²) in [7, 11) is 6.08. The van der Waals surface area contributed by atoms with Gasteiger partial charge in [0.05, 0.1) is 7.11 Å². The minimum absolute atomic E-state index is 0.585. The third kappa shape index (κ3) is 2.86. The van der Waals surface area contributed by atoms with Crippen LogP contribution in [0.3, 0.4) is 0 Å². The van der Waals surface area contributed by atoms with E-state index in [-0.39, 0.29) is 0 Å². The largest absolute Gasteiger partial charge is 0.496 e. The lowest BCUT2D eigenvalue weighted by molar-refractivity contribution is 0.265. The van der Waals surface area contributed by atoms with Crippen LogP contribution in [0.4, 0.5) is 0 Å². The van der Waals surface area contributed by atoms with Crippen molar-refractivity contribution in [1.29, 1.82) is 0 Å². The van der Waals surface area contributed by atoms with Gasteiger partial charge in [-0.05, 0) is 73.8 Å². The number of rotatable bonds is 3. The fourth-order valence-electron chi connectivity index (χ4n) is 3.36. The Morgan fingerprint density at radius 1 is 1.05 bits per heavy atom. The van der Waals surface area contributed by atoms with E-state index in [1.807, 2.05) is 12.1 Å². The predicted molar refractivity (Wildman–Crippen MR) is 92.9 cm³/mol. The number of ether oxygens (including phenoxy) is 1. The van der Waals surface area contributed by atoms with Gasteiger partial charge >= 0.3 is 0 Å². The number of likely N-dealkylation sites (N-methyl/N-ethyl adjacent to an activating group) is 1. The zero-order valence-corrected chi connectivity index (χ0v) is 14.2. The Labute approximate surface area is 137 Å². The summed E-state index contributed by atoms with van der Waals surface area (Å²) in [6.45, 7) is 0. The molecule has 2 aromatic carbocycles. The van der Waals surface area contributed by atoms with Crippen LogP contribution in [0.25, 0.3) is 11.1 Å². The fourth-order valence-corrected chi connectivity index (χ4v) is 3.49. The first-order chi connectivity index (χ1) is 10.6. The van der Waals surface area contributed by atoms with E-state index in [4.69, 9.17) is 16.3 Å². The third-order valence-corrected chi connectivity index (χ3v) is 4.91. The number of fused-ring (bicyclic) bond motifs is 1. The molecule has 0 aliphatic heterocycles. The molecule has 0 radical (unpaired) electrons. The van der Waals surface area contributed by atoms with Crippen molar-refractivity contribution in [2.75, 3.05) is 21.2 Å². The smallest absolute Gasteiger partial charge is 0.122 e. The van der Waals surface area contributed by atoms with Crippen LogP contribution in [0.2, 0.25) is 5.02 Å². The normalized spacial score (nSPS) is 17.4. The average molecular weight is 316 g/mol. The number of hydrogen-bond acceptors (Lipinski definition) is 2. The van der Waals surface area contributed by atoms with Gasteiger partial charge in [0, 0.05) is 11.1 Å². The van der Waals surface area contributed by atoms with Gasteiger partial charge < -0.3 is 9.64 Å². The predicted octanol–water partition coefficient (Wildman–Crippen LogP) is 4.43. The number of hydrogen-bond donors (Lipinski definition) is 0. The molecule has 22 heavy (non-hydrogen) atoms. The maximum atomic E-state index is 6.02. The number of methoxy groups -OCH3 is 1. The highest BCUT2D eigenvalue weighted by atomic mass is 35.5. The Balaban J connectivity index is 2.07. The van der Waals surface area contributed by atoms with Crippen LogP contribution in [-0.4, -0.2) is 32.1 Å². The average Bonchev–Trinajstić information content (AvgIpc) is 2.54. The second kappa shape index (κ2) is 6.31. The molecule has 1 aliphatic rings. The highest BCUT2D eigenvalue weighted by molar-refractivity contribution is 6.30. The molecule has 3 heteroatoms. The topological polar surface area (TPSA) is 12.5 Å². The Morgan fingerprint density at radius 3 is 2.41 bits per heavy atom. The number of halogens is 1. The van der Waals surface area contributed by atoms with Crippen LogP contribution >= 0.6 is 11.6 Å². The zero-order chi connectivity index (χ0) is 15.7. The van der Waals surface area contributed by atoms with E-state index in [1.54, 1.807) is 7.11 Å². The van der Waals surface area contributed by atoms with E-state index in [1.165, 1.54) is 28.7 Å². The van der Waals surface area contributed by atoms with E-state index in [2.05, 4.69) is 43.3 Å². The molecule has 1 atom stereocenters. The van der Waals surface area contributed by atoms with Crippen LogP contribution in [-0.2, 0) is 12.8 Å². The first-order valence-electron chi connectivity index (χ1n) is 7.71. The molecule has 2 nitrogen and oxygen atoms in total. The molecular formula is C19H22ClNO. The molecule has 0 bridgehead atoms. The number of nitrogens with zero attached hydrogens (tertiary/aromatic N) is 1. The highest BCUT2D eigenvalue weighted by Gasteiger charge is 2.25. The number of benzene rings is 2. The van der Waals surface area contributed by atoms with Crippen LogP contribution in [0, 0.1) is 0 Å². The summed E-state index contributed by atoms with van der Waals surface area (Å²) >= 11 is 6.02. The van der Waals surface area contributed by atoms with Gasteiger partial charge in [-0.2, -0.15) is 0 Å². The summed E-state index contributed by atoms with van der Waals surface area (Å²) in [6, 6.07) is 13.0. The van der Waals surface area contributed by atoms with Crippen molar-refractivity contribution >= 4 is 11.6 Å². The van der Waals surface area contributed by atoms with E-state index in [0.29, 0.717) is 6.04 Å². The molecule has 116 valence electrons.